The van der Waals surface area contributed by atoms with Crippen LogP contribution in [0.3, 0.4) is 0 Å². The van der Waals surface area contributed by atoms with E-state index < -0.39 is 5.97 Å². The highest BCUT2D eigenvalue weighted by Crippen LogP contribution is 2.22. The summed E-state index contributed by atoms with van der Waals surface area (Å²) in [6.45, 7) is 4.31. The lowest BCUT2D eigenvalue weighted by molar-refractivity contribution is 0.0460. The second-order valence-corrected chi connectivity index (χ2v) is 4.10. The van der Waals surface area contributed by atoms with Gasteiger partial charge in [-0.15, -0.1) is 0 Å². The van der Waals surface area contributed by atoms with E-state index in [9.17, 15) is 4.79 Å². The molecule has 1 aromatic rings. The van der Waals surface area contributed by atoms with Crippen LogP contribution < -0.4 is 5.73 Å². The Kier molecular flexibility index (Phi) is 3.97. The molecular formula is C11H14ClNO2. The Labute approximate surface area is 94.2 Å². The van der Waals surface area contributed by atoms with Crippen molar-refractivity contribution in [3.05, 3.63) is 28.8 Å². The van der Waals surface area contributed by atoms with Gasteiger partial charge in [0.25, 0.3) is 0 Å². The van der Waals surface area contributed by atoms with Gasteiger partial charge in [-0.3, -0.25) is 0 Å². The highest BCUT2D eigenvalue weighted by molar-refractivity contribution is 6.33. The molecule has 0 amide bonds. The fraction of sp³-hybridized carbons (Fsp3) is 0.364. The number of benzene rings is 1. The zero-order valence-corrected chi connectivity index (χ0v) is 9.54. The predicted molar refractivity (Wildman–Crippen MR) is 61.0 cm³/mol. The standard InChI is InChI=1S/C11H14ClNO2/c1-7(2)6-15-11(14)8-4-3-5-9(12)10(8)13/h3-5,7H,6,13H2,1-2H3. The van der Waals surface area contributed by atoms with Gasteiger partial charge in [-0.05, 0) is 18.1 Å². The van der Waals surface area contributed by atoms with Crippen molar-refractivity contribution in [3.8, 4) is 0 Å². The number of carbonyl (C=O) groups is 1. The third-order valence-electron chi connectivity index (χ3n) is 1.82. The van der Waals surface area contributed by atoms with Crippen molar-refractivity contribution >= 4 is 23.3 Å². The second-order valence-electron chi connectivity index (χ2n) is 3.69. The third-order valence-corrected chi connectivity index (χ3v) is 2.15. The molecule has 0 saturated heterocycles. The molecule has 0 atom stereocenters. The smallest absolute Gasteiger partial charge is 0.340 e. The molecule has 4 heteroatoms. The quantitative estimate of drug-likeness (QED) is 0.638. The molecule has 0 aliphatic carbocycles. The van der Waals surface area contributed by atoms with Gasteiger partial charge in [0.2, 0.25) is 0 Å². The van der Waals surface area contributed by atoms with Crippen molar-refractivity contribution in [1.29, 1.82) is 0 Å². The summed E-state index contributed by atoms with van der Waals surface area (Å²) in [5.41, 5.74) is 6.25. The highest BCUT2D eigenvalue weighted by atomic mass is 35.5. The van der Waals surface area contributed by atoms with Crippen molar-refractivity contribution in [3.63, 3.8) is 0 Å². The maximum atomic E-state index is 11.6. The number of hydrogen-bond acceptors (Lipinski definition) is 3. The van der Waals surface area contributed by atoms with Crippen LogP contribution in [0.5, 0.6) is 0 Å². The first kappa shape index (κ1) is 11.9. The van der Waals surface area contributed by atoms with Gasteiger partial charge in [0, 0.05) is 0 Å². The van der Waals surface area contributed by atoms with E-state index in [-0.39, 0.29) is 5.69 Å². The molecule has 0 radical (unpaired) electrons. The summed E-state index contributed by atoms with van der Waals surface area (Å²) in [6.07, 6.45) is 0. The van der Waals surface area contributed by atoms with Crippen LogP contribution >= 0.6 is 11.6 Å². The van der Waals surface area contributed by atoms with Gasteiger partial charge in [0.15, 0.2) is 0 Å². The molecule has 3 nitrogen and oxygen atoms in total. The molecule has 0 aliphatic rings. The van der Waals surface area contributed by atoms with Crippen LogP contribution in [-0.2, 0) is 4.74 Å². The molecular weight excluding hydrogens is 214 g/mol. The van der Waals surface area contributed by atoms with Crippen LogP contribution in [-0.4, -0.2) is 12.6 Å². The van der Waals surface area contributed by atoms with Gasteiger partial charge in [0.1, 0.15) is 0 Å². The highest BCUT2D eigenvalue weighted by Gasteiger charge is 2.13. The van der Waals surface area contributed by atoms with Crippen LogP contribution in [0.15, 0.2) is 18.2 Å². The number of nitrogen functional groups attached to an aromatic ring is 1. The SMILES string of the molecule is CC(C)COC(=O)c1cccc(Cl)c1N. The van der Waals surface area contributed by atoms with Gasteiger partial charge >= 0.3 is 5.97 Å². The molecule has 1 aromatic carbocycles. The molecule has 15 heavy (non-hydrogen) atoms. The number of hydrogen-bond donors (Lipinski definition) is 1. The molecule has 0 unspecified atom stereocenters. The Morgan fingerprint density at radius 1 is 1.53 bits per heavy atom. The van der Waals surface area contributed by atoms with Crippen molar-refractivity contribution < 1.29 is 9.53 Å². The zero-order valence-electron chi connectivity index (χ0n) is 8.79. The molecule has 0 heterocycles. The number of nitrogens with two attached hydrogens (primary N) is 1. The minimum absolute atomic E-state index is 0.271. The third kappa shape index (κ3) is 3.13. The summed E-state index contributed by atoms with van der Waals surface area (Å²) in [5.74, 6) is -0.127. The van der Waals surface area contributed by atoms with Crippen LogP contribution in [0.1, 0.15) is 24.2 Å². The summed E-state index contributed by atoms with van der Waals surface area (Å²) in [4.78, 5) is 11.6. The number of carbonyl (C=O) groups excluding carboxylic acids is 1. The average molecular weight is 228 g/mol. The van der Waals surface area contributed by atoms with E-state index in [1.165, 1.54) is 0 Å². The molecule has 0 fully saturated rings. The Hall–Kier alpha value is -1.22. The molecule has 0 aromatic heterocycles. The van der Waals surface area contributed by atoms with E-state index in [2.05, 4.69) is 0 Å². The first-order valence-corrected chi connectivity index (χ1v) is 5.11. The molecule has 0 saturated carbocycles. The van der Waals surface area contributed by atoms with E-state index in [0.717, 1.165) is 0 Å². The number of esters is 1. The Morgan fingerprint density at radius 3 is 2.80 bits per heavy atom. The number of para-hydroxylation sites is 1. The maximum absolute atomic E-state index is 11.6. The fourth-order valence-corrected chi connectivity index (χ4v) is 1.21. The van der Waals surface area contributed by atoms with E-state index in [4.69, 9.17) is 22.1 Å². The summed E-state index contributed by atoms with van der Waals surface area (Å²) in [5, 5.41) is 0.369. The van der Waals surface area contributed by atoms with E-state index in [1.54, 1.807) is 18.2 Å². The predicted octanol–water partition coefficient (Wildman–Crippen LogP) is 2.74. The maximum Gasteiger partial charge on any atom is 0.340 e. The van der Waals surface area contributed by atoms with Crippen LogP contribution in [0.25, 0.3) is 0 Å². The lowest BCUT2D eigenvalue weighted by Crippen LogP contribution is -2.12. The van der Waals surface area contributed by atoms with E-state index in [0.29, 0.717) is 23.1 Å². The van der Waals surface area contributed by atoms with Gasteiger partial charge in [-0.1, -0.05) is 31.5 Å². The average Bonchev–Trinajstić information content (AvgIpc) is 2.18. The zero-order chi connectivity index (χ0) is 11.4. The first-order valence-electron chi connectivity index (χ1n) is 4.73. The Balaban J connectivity index is 2.78. The topological polar surface area (TPSA) is 52.3 Å². The van der Waals surface area contributed by atoms with Crippen LogP contribution in [0.4, 0.5) is 5.69 Å². The number of ether oxygens (including phenoxy) is 1. The normalized spacial score (nSPS) is 10.4. The number of halogens is 1. The van der Waals surface area contributed by atoms with Crippen LogP contribution in [0, 0.1) is 5.92 Å². The summed E-state index contributed by atoms with van der Waals surface area (Å²) < 4.78 is 5.05. The van der Waals surface area contributed by atoms with Crippen molar-refractivity contribution in [2.75, 3.05) is 12.3 Å². The molecule has 0 spiro atoms. The van der Waals surface area contributed by atoms with Gasteiger partial charge in [0.05, 0.1) is 22.9 Å². The Bertz CT molecular complexity index is 364. The second kappa shape index (κ2) is 5.03. The molecule has 1 rings (SSSR count). The van der Waals surface area contributed by atoms with Crippen molar-refractivity contribution in [2.24, 2.45) is 5.92 Å². The monoisotopic (exact) mass is 227 g/mol. The van der Waals surface area contributed by atoms with Gasteiger partial charge < -0.3 is 10.5 Å². The molecule has 82 valence electrons. The molecule has 0 aliphatic heterocycles. The van der Waals surface area contributed by atoms with Gasteiger partial charge in [-0.25, -0.2) is 4.79 Å². The van der Waals surface area contributed by atoms with Crippen molar-refractivity contribution in [1.82, 2.24) is 0 Å². The number of anilines is 1. The Morgan fingerprint density at radius 2 is 2.20 bits per heavy atom. The molecule has 2 N–H and O–H groups in total. The number of rotatable bonds is 3. The summed E-state index contributed by atoms with van der Waals surface area (Å²) in [7, 11) is 0. The summed E-state index contributed by atoms with van der Waals surface area (Å²) >= 11 is 5.79. The van der Waals surface area contributed by atoms with E-state index >= 15 is 0 Å². The van der Waals surface area contributed by atoms with Crippen LogP contribution in [0.2, 0.25) is 5.02 Å². The molecule has 0 bridgehead atoms. The van der Waals surface area contributed by atoms with E-state index in [1.807, 2.05) is 13.8 Å². The van der Waals surface area contributed by atoms with Crippen molar-refractivity contribution in [2.45, 2.75) is 13.8 Å². The van der Waals surface area contributed by atoms with Gasteiger partial charge in [-0.2, -0.15) is 0 Å². The lowest BCUT2D eigenvalue weighted by Gasteiger charge is -2.09. The largest absolute Gasteiger partial charge is 0.462 e. The summed E-state index contributed by atoms with van der Waals surface area (Å²) in [6, 6.07) is 4.91. The fourth-order valence-electron chi connectivity index (χ4n) is 1.04. The first-order chi connectivity index (χ1) is 7.02. The minimum atomic E-state index is -0.427. The lowest BCUT2D eigenvalue weighted by atomic mass is 10.2. The minimum Gasteiger partial charge on any atom is -0.462 e.